The largest absolute Gasteiger partial charge is 0.354 e. The lowest BCUT2D eigenvalue weighted by atomic mass is 9.96. The SMILES string of the molecule is Cc1ccc(-c2[nH]c3cc(NC(=O)[C@H](N)C4Cc5ccccc5C4)cc4c3c2C=NNC4=O)cc1. The Balaban J connectivity index is 1.34. The minimum atomic E-state index is -0.656. The van der Waals surface area contributed by atoms with E-state index < -0.39 is 6.04 Å². The molecule has 0 saturated heterocycles. The number of nitrogens with one attached hydrogen (secondary N) is 3. The van der Waals surface area contributed by atoms with E-state index in [0.717, 1.165) is 46.1 Å². The van der Waals surface area contributed by atoms with Crippen LogP contribution in [0.4, 0.5) is 5.69 Å². The zero-order valence-corrected chi connectivity index (χ0v) is 19.3. The van der Waals surface area contributed by atoms with Gasteiger partial charge < -0.3 is 16.0 Å². The number of rotatable bonds is 4. The highest BCUT2D eigenvalue weighted by atomic mass is 16.2. The molecule has 1 aliphatic heterocycles. The number of hydrazone groups is 1. The normalized spacial score (nSPS) is 15.5. The average Bonchev–Trinajstić information content (AvgIpc) is 3.40. The predicted octanol–water partition coefficient (Wildman–Crippen LogP) is 3.90. The van der Waals surface area contributed by atoms with Crippen molar-refractivity contribution in [3.05, 3.63) is 88.5 Å². The van der Waals surface area contributed by atoms with Gasteiger partial charge in [-0.25, -0.2) is 5.43 Å². The van der Waals surface area contributed by atoms with Gasteiger partial charge in [0.2, 0.25) is 5.91 Å². The third-order valence-corrected chi connectivity index (χ3v) is 7.04. The molecule has 0 fully saturated rings. The van der Waals surface area contributed by atoms with Crippen molar-refractivity contribution in [1.29, 1.82) is 0 Å². The molecule has 0 bridgehead atoms. The Hall–Kier alpha value is -4.23. The number of nitrogens with zero attached hydrogens (tertiary/aromatic N) is 1. The maximum Gasteiger partial charge on any atom is 0.272 e. The predicted molar refractivity (Wildman–Crippen MR) is 137 cm³/mol. The van der Waals surface area contributed by atoms with E-state index in [-0.39, 0.29) is 17.7 Å². The summed E-state index contributed by atoms with van der Waals surface area (Å²) in [4.78, 5) is 29.4. The van der Waals surface area contributed by atoms with Crippen molar-refractivity contribution in [1.82, 2.24) is 10.4 Å². The first-order valence-corrected chi connectivity index (χ1v) is 11.7. The summed E-state index contributed by atoms with van der Waals surface area (Å²) in [6.45, 7) is 2.04. The van der Waals surface area contributed by atoms with Crippen LogP contribution in [-0.2, 0) is 17.6 Å². The summed E-state index contributed by atoms with van der Waals surface area (Å²) in [6, 6.07) is 19.2. The van der Waals surface area contributed by atoms with Crippen LogP contribution >= 0.6 is 0 Å². The Morgan fingerprint density at radius 3 is 2.51 bits per heavy atom. The summed E-state index contributed by atoms with van der Waals surface area (Å²) in [5, 5.41) is 7.83. The van der Waals surface area contributed by atoms with Gasteiger partial charge >= 0.3 is 0 Å². The molecule has 7 heteroatoms. The van der Waals surface area contributed by atoms with E-state index in [1.54, 1.807) is 12.3 Å². The number of nitrogens with two attached hydrogens (primary N) is 1. The van der Waals surface area contributed by atoms with Crippen LogP contribution in [0.25, 0.3) is 22.2 Å². The van der Waals surface area contributed by atoms with Crippen molar-refractivity contribution in [3.8, 4) is 11.3 Å². The number of fused-ring (bicyclic) bond motifs is 1. The summed E-state index contributed by atoms with van der Waals surface area (Å²) in [7, 11) is 0. The number of hydrogen-bond donors (Lipinski definition) is 4. The molecule has 4 aromatic rings. The van der Waals surface area contributed by atoms with E-state index in [1.807, 2.05) is 49.4 Å². The number of anilines is 1. The van der Waals surface area contributed by atoms with E-state index in [2.05, 4.69) is 33.0 Å². The maximum atomic E-state index is 13.1. The second-order valence-corrected chi connectivity index (χ2v) is 9.38. The smallest absolute Gasteiger partial charge is 0.272 e. The minimum absolute atomic E-state index is 0.0413. The first kappa shape index (κ1) is 21.3. The Kier molecular flexibility index (Phi) is 5.00. The quantitative estimate of drug-likeness (QED) is 0.368. The number of aromatic amines is 1. The molecule has 0 saturated carbocycles. The van der Waals surface area contributed by atoms with Gasteiger partial charge in [-0.3, -0.25) is 9.59 Å². The molecule has 174 valence electrons. The molecule has 0 radical (unpaired) electrons. The molecule has 3 aromatic carbocycles. The monoisotopic (exact) mass is 463 g/mol. The van der Waals surface area contributed by atoms with Crippen LogP contribution < -0.4 is 16.5 Å². The molecular weight excluding hydrogens is 438 g/mol. The van der Waals surface area contributed by atoms with Crippen LogP contribution in [0.3, 0.4) is 0 Å². The molecule has 2 heterocycles. The van der Waals surface area contributed by atoms with Crippen LogP contribution in [0.1, 0.15) is 32.6 Å². The van der Waals surface area contributed by atoms with Gasteiger partial charge in [0.05, 0.1) is 23.5 Å². The van der Waals surface area contributed by atoms with Gasteiger partial charge in [-0.1, -0.05) is 54.1 Å². The van der Waals surface area contributed by atoms with Crippen LogP contribution in [0.2, 0.25) is 0 Å². The van der Waals surface area contributed by atoms with Crippen LogP contribution in [0.15, 0.2) is 65.8 Å². The van der Waals surface area contributed by atoms with Crippen LogP contribution in [0.5, 0.6) is 0 Å². The van der Waals surface area contributed by atoms with E-state index in [4.69, 9.17) is 5.73 Å². The topological polar surface area (TPSA) is 112 Å². The van der Waals surface area contributed by atoms with Crippen molar-refractivity contribution in [2.75, 3.05) is 5.32 Å². The summed E-state index contributed by atoms with van der Waals surface area (Å²) >= 11 is 0. The van der Waals surface area contributed by atoms with Gasteiger partial charge in [0.25, 0.3) is 5.91 Å². The van der Waals surface area contributed by atoms with Crippen LogP contribution in [0, 0.1) is 12.8 Å². The molecule has 2 amide bonds. The first-order valence-electron chi connectivity index (χ1n) is 11.7. The van der Waals surface area contributed by atoms with Gasteiger partial charge in [-0.05, 0) is 54.5 Å². The lowest BCUT2D eigenvalue weighted by molar-refractivity contribution is -0.118. The van der Waals surface area contributed by atoms with E-state index in [9.17, 15) is 9.59 Å². The lowest BCUT2D eigenvalue weighted by Gasteiger charge is -2.18. The Morgan fingerprint density at radius 1 is 1.09 bits per heavy atom. The maximum absolute atomic E-state index is 13.1. The van der Waals surface area contributed by atoms with E-state index in [0.29, 0.717) is 11.3 Å². The highest BCUT2D eigenvalue weighted by molar-refractivity contribution is 6.18. The van der Waals surface area contributed by atoms with E-state index in [1.165, 1.54) is 11.1 Å². The molecule has 2 aliphatic rings. The summed E-state index contributed by atoms with van der Waals surface area (Å²) in [5.41, 5.74) is 17.0. The summed E-state index contributed by atoms with van der Waals surface area (Å²) in [6.07, 6.45) is 3.23. The molecule has 7 nitrogen and oxygen atoms in total. The second-order valence-electron chi connectivity index (χ2n) is 9.38. The number of amides is 2. The number of hydrogen-bond acceptors (Lipinski definition) is 4. The third kappa shape index (κ3) is 3.70. The minimum Gasteiger partial charge on any atom is -0.354 e. The molecule has 5 N–H and O–H groups in total. The zero-order valence-electron chi connectivity index (χ0n) is 19.3. The van der Waals surface area contributed by atoms with Gasteiger partial charge in [0.15, 0.2) is 0 Å². The number of H-pyrrole nitrogens is 1. The summed E-state index contributed by atoms with van der Waals surface area (Å²) in [5.74, 6) is -0.545. The van der Waals surface area contributed by atoms with Crippen molar-refractivity contribution in [2.24, 2.45) is 16.8 Å². The fourth-order valence-corrected chi connectivity index (χ4v) is 5.19. The molecule has 0 spiro atoms. The van der Waals surface area contributed by atoms with Crippen molar-refractivity contribution >= 4 is 34.6 Å². The average molecular weight is 464 g/mol. The van der Waals surface area contributed by atoms with Crippen molar-refractivity contribution in [3.63, 3.8) is 0 Å². The molecule has 1 atom stereocenters. The molecule has 35 heavy (non-hydrogen) atoms. The van der Waals surface area contributed by atoms with Crippen molar-refractivity contribution in [2.45, 2.75) is 25.8 Å². The number of aromatic nitrogens is 1. The van der Waals surface area contributed by atoms with Gasteiger partial charge in [-0.15, -0.1) is 0 Å². The molecule has 6 rings (SSSR count). The molecule has 0 unspecified atom stereocenters. The number of benzene rings is 3. The van der Waals surface area contributed by atoms with Gasteiger partial charge in [0.1, 0.15) is 0 Å². The highest BCUT2D eigenvalue weighted by Crippen LogP contribution is 2.35. The number of carbonyl (C=O) groups excluding carboxylic acids is 2. The van der Waals surface area contributed by atoms with Crippen LogP contribution in [-0.4, -0.2) is 29.1 Å². The van der Waals surface area contributed by atoms with E-state index >= 15 is 0 Å². The van der Waals surface area contributed by atoms with Gasteiger partial charge in [-0.2, -0.15) is 5.10 Å². The third-order valence-electron chi connectivity index (χ3n) is 7.04. The summed E-state index contributed by atoms with van der Waals surface area (Å²) < 4.78 is 0. The second kappa shape index (κ2) is 8.21. The Bertz CT molecular complexity index is 1490. The number of carbonyl (C=O) groups is 2. The van der Waals surface area contributed by atoms with Crippen molar-refractivity contribution < 1.29 is 9.59 Å². The fraction of sp³-hybridized carbons (Fsp3) is 0.179. The highest BCUT2D eigenvalue weighted by Gasteiger charge is 2.31. The van der Waals surface area contributed by atoms with Gasteiger partial charge in [0, 0.05) is 22.2 Å². The Labute approximate surface area is 202 Å². The zero-order chi connectivity index (χ0) is 24.1. The molecule has 1 aliphatic carbocycles. The number of aryl methyl sites for hydroxylation is 1. The lowest BCUT2D eigenvalue weighted by Crippen LogP contribution is -2.42. The molecule has 1 aromatic heterocycles. The first-order chi connectivity index (χ1) is 17.0. The standard InChI is InChI=1S/C28H25N5O2/c1-15-6-8-16(9-7-15)26-22-14-30-33-27(34)21-12-20(13-23(32-26)24(21)22)31-28(35)25(29)19-10-17-4-2-3-5-18(17)11-19/h2-9,12-14,19,25,32H,10-11,29H2,1H3,(H,31,35)(H,33,34)/t25-/m1/s1. The fourth-order valence-electron chi connectivity index (χ4n) is 5.19. The molecular formula is C28H25N5O2. The Morgan fingerprint density at radius 2 is 1.80 bits per heavy atom.